The molecule has 3 N–H and O–H groups in total. The Morgan fingerprint density at radius 1 is 1.27 bits per heavy atom. The van der Waals surface area contributed by atoms with Crippen molar-refractivity contribution in [3.05, 3.63) is 0 Å². The van der Waals surface area contributed by atoms with Crippen LogP contribution in [0.15, 0.2) is 0 Å². The number of aliphatic hydroxyl groups excluding tert-OH is 2. The molecule has 2 aliphatic rings. The highest BCUT2D eigenvalue weighted by atomic mass is 16.3. The van der Waals surface area contributed by atoms with Gasteiger partial charge >= 0.3 is 0 Å². The second kappa shape index (κ2) is 7.89. The molecular weight excluding hydrogens is 278 g/mol. The molecule has 130 valence electrons. The number of rotatable bonds is 6. The highest BCUT2D eigenvalue weighted by Crippen LogP contribution is 2.65. The van der Waals surface area contributed by atoms with Crippen molar-refractivity contribution >= 4 is 5.78 Å². The Morgan fingerprint density at radius 2 is 1.86 bits per heavy atom. The number of aliphatic hydroxyl groups is 2. The van der Waals surface area contributed by atoms with Crippen LogP contribution in [0.5, 0.6) is 0 Å². The van der Waals surface area contributed by atoms with Crippen LogP contribution >= 0.6 is 0 Å². The highest BCUT2D eigenvalue weighted by Gasteiger charge is 2.62. The van der Waals surface area contributed by atoms with Crippen LogP contribution in [0, 0.1) is 16.7 Å². The van der Waals surface area contributed by atoms with Crippen LogP contribution in [-0.2, 0) is 4.79 Å². The molecule has 2 aliphatic carbocycles. The summed E-state index contributed by atoms with van der Waals surface area (Å²) >= 11 is 0. The van der Waals surface area contributed by atoms with Gasteiger partial charge in [0.1, 0.15) is 18.4 Å². The Kier molecular flexibility index (Phi) is 7.03. The van der Waals surface area contributed by atoms with Gasteiger partial charge in [-0.25, -0.2) is 0 Å². The maximum absolute atomic E-state index is 11.8. The van der Waals surface area contributed by atoms with Crippen LogP contribution in [0.25, 0.3) is 0 Å². The fraction of sp³-hybridized carbons (Fsp3) is 0.944. The molecule has 3 unspecified atom stereocenters. The van der Waals surface area contributed by atoms with Gasteiger partial charge in [0.05, 0.1) is 19.7 Å². The number of carbonyl (C=O) groups excluding carboxylic acids is 1. The van der Waals surface area contributed by atoms with E-state index in [0.717, 1.165) is 32.4 Å². The molecule has 0 saturated heterocycles. The molecule has 0 amide bonds. The minimum atomic E-state index is -0.546. The van der Waals surface area contributed by atoms with E-state index < -0.39 is 6.10 Å². The second-order valence-corrected chi connectivity index (χ2v) is 7.52. The first-order chi connectivity index (χ1) is 10.3. The van der Waals surface area contributed by atoms with E-state index in [1.54, 1.807) is 0 Å². The number of quaternary nitrogens is 1. The summed E-state index contributed by atoms with van der Waals surface area (Å²) in [5.41, 5.74) is 0.358. The van der Waals surface area contributed by atoms with Crippen molar-refractivity contribution in [1.82, 2.24) is 0 Å². The van der Waals surface area contributed by atoms with E-state index in [2.05, 4.69) is 34.6 Å². The molecule has 3 atom stereocenters. The number of hydrogen-bond acceptors (Lipinski definition) is 3. The topological polar surface area (TPSA) is 62.0 Å². The fourth-order valence-electron chi connectivity index (χ4n) is 4.54. The van der Waals surface area contributed by atoms with Gasteiger partial charge in [-0.15, -0.1) is 0 Å². The van der Waals surface area contributed by atoms with Crippen molar-refractivity contribution < 1.29 is 19.9 Å². The highest BCUT2D eigenvalue weighted by molar-refractivity contribution is 5.89. The van der Waals surface area contributed by atoms with Crippen molar-refractivity contribution in [3.8, 4) is 0 Å². The van der Waals surface area contributed by atoms with E-state index >= 15 is 0 Å². The monoisotopic (exact) mass is 314 g/mol. The maximum atomic E-state index is 11.8. The molecule has 4 heteroatoms. The number of fused-ring (bicyclic) bond motifs is 2. The predicted molar refractivity (Wildman–Crippen MR) is 88.9 cm³/mol. The van der Waals surface area contributed by atoms with Gasteiger partial charge in [-0.2, -0.15) is 0 Å². The normalized spacial score (nSPS) is 30.4. The third-order valence-electron chi connectivity index (χ3n) is 6.48. The summed E-state index contributed by atoms with van der Waals surface area (Å²) in [4.78, 5) is 13.1. The van der Waals surface area contributed by atoms with Crippen molar-refractivity contribution in [2.24, 2.45) is 16.7 Å². The lowest BCUT2D eigenvalue weighted by molar-refractivity contribution is -0.899. The molecule has 0 heterocycles. The Labute approximate surface area is 135 Å². The molecule has 0 radical (unpaired) electrons. The lowest BCUT2D eigenvalue weighted by Gasteiger charge is -2.35. The molecule has 2 fully saturated rings. The number of likely N-dealkylation sites (N-methyl/N-ethyl adjacent to an activating group) is 1. The summed E-state index contributed by atoms with van der Waals surface area (Å²) < 4.78 is 0. The minimum absolute atomic E-state index is 0.0671. The van der Waals surface area contributed by atoms with Crippen LogP contribution in [0.2, 0.25) is 0 Å². The number of nitrogens with one attached hydrogen (secondary N) is 1. The average Bonchev–Trinajstić information content (AvgIpc) is 2.87. The first-order valence-electron chi connectivity index (χ1n) is 8.94. The molecule has 0 aromatic heterocycles. The summed E-state index contributed by atoms with van der Waals surface area (Å²) in [5.74, 6) is 1.23. The molecule has 0 aromatic rings. The molecule has 4 nitrogen and oxygen atoms in total. The Morgan fingerprint density at radius 3 is 2.14 bits per heavy atom. The Balaban J connectivity index is 0.000000225. The van der Waals surface area contributed by atoms with E-state index in [1.807, 2.05) is 0 Å². The van der Waals surface area contributed by atoms with Gasteiger partial charge < -0.3 is 15.1 Å². The van der Waals surface area contributed by atoms with Crippen molar-refractivity contribution in [2.45, 2.75) is 66.4 Å². The summed E-state index contributed by atoms with van der Waals surface area (Å²) in [6.07, 6.45) is 3.80. The zero-order valence-corrected chi connectivity index (χ0v) is 15.1. The first-order valence-corrected chi connectivity index (χ1v) is 8.94. The van der Waals surface area contributed by atoms with Crippen LogP contribution in [0.3, 0.4) is 0 Å². The van der Waals surface area contributed by atoms with Crippen molar-refractivity contribution in [1.29, 1.82) is 0 Å². The second-order valence-electron chi connectivity index (χ2n) is 7.52. The molecular formula is C18H36NO3+. The van der Waals surface area contributed by atoms with E-state index in [0.29, 0.717) is 23.7 Å². The van der Waals surface area contributed by atoms with Crippen LogP contribution in [0.1, 0.15) is 60.3 Å². The smallest absolute Gasteiger partial charge is 0.139 e. The van der Waals surface area contributed by atoms with Crippen LogP contribution in [-0.4, -0.2) is 48.3 Å². The largest absolute Gasteiger partial charge is 0.393 e. The van der Waals surface area contributed by atoms with E-state index in [4.69, 9.17) is 10.2 Å². The van der Waals surface area contributed by atoms with Crippen LogP contribution in [0.4, 0.5) is 0 Å². The molecule has 2 rings (SSSR count). The van der Waals surface area contributed by atoms with Gasteiger partial charge in [-0.1, -0.05) is 20.8 Å². The summed E-state index contributed by atoms with van der Waals surface area (Å²) in [5, 5.41) is 17.5. The van der Waals surface area contributed by atoms with Crippen molar-refractivity contribution in [2.75, 3.05) is 26.2 Å². The fourth-order valence-corrected chi connectivity index (χ4v) is 4.54. The Hall–Kier alpha value is -0.450. The van der Waals surface area contributed by atoms with E-state index in [1.165, 1.54) is 11.3 Å². The van der Waals surface area contributed by atoms with E-state index in [9.17, 15) is 4.79 Å². The molecule has 0 aliphatic heterocycles. The van der Waals surface area contributed by atoms with Gasteiger partial charge in [0.2, 0.25) is 0 Å². The first kappa shape index (κ1) is 19.6. The maximum Gasteiger partial charge on any atom is 0.139 e. The Bertz CT molecular complexity index is 365. The standard InChI is InChI=1S/C11H18O.C7H17NO2/c1-4-11-6-5-8(7-9(11)12)10(11,2)3;1-3-8(4-2)5-7(10)6-9/h8H,4-7H2,1-3H3;7,9-10H,3-6H2,1-2H3/p+1. The number of hydrogen-bond donors (Lipinski definition) is 3. The number of ketones is 1. The molecule has 0 spiro atoms. The zero-order chi connectivity index (χ0) is 17.0. The summed E-state index contributed by atoms with van der Waals surface area (Å²) in [6.45, 7) is 13.4. The van der Waals surface area contributed by atoms with Gasteiger partial charge in [-0.05, 0) is 44.4 Å². The van der Waals surface area contributed by atoms with E-state index in [-0.39, 0.29) is 12.0 Å². The lowest BCUT2D eigenvalue weighted by Crippen LogP contribution is -3.12. The summed E-state index contributed by atoms with van der Waals surface area (Å²) in [7, 11) is 0. The zero-order valence-electron chi connectivity index (χ0n) is 15.1. The van der Waals surface area contributed by atoms with Gasteiger partial charge in [0, 0.05) is 11.8 Å². The SMILES string of the molecule is CCC12CCC(CC1=O)C2(C)C.CC[NH+](CC)CC(O)CO. The summed E-state index contributed by atoms with van der Waals surface area (Å²) in [6, 6.07) is 0. The van der Waals surface area contributed by atoms with Crippen molar-refractivity contribution in [3.63, 3.8) is 0 Å². The third-order valence-corrected chi connectivity index (χ3v) is 6.48. The van der Waals surface area contributed by atoms with Gasteiger partial charge in [0.15, 0.2) is 0 Å². The average molecular weight is 314 g/mol. The molecule has 2 saturated carbocycles. The van der Waals surface area contributed by atoms with Gasteiger partial charge in [-0.3, -0.25) is 4.79 Å². The van der Waals surface area contributed by atoms with Gasteiger partial charge in [0.25, 0.3) is 0 Å². The minimum Gasteiger partial charge on any atom is -0.393 e. The number of Topliss-reactive ketones (excluding diaryl/α,β-unsaturated/α-hetero) is 1. The van der Waals surface area contributed by atoms with Crippen LogP contribution < -0.4 is 4.90 Å². The predicted octanol–water partition coefficient (Wildman–Crippen LogP) is 1.06. The quantitative estimate of drug-likeness (QED) is 0.687. The third kappa shape index (κ3) is 3.55. The lowest BCUT2D eigenvalue weighted by atomic mass is 9.67. The molecule has 0 aromatic carbocycles. The molecule has 2 bridgehead atoms. The molecule has 22 heavy (non-hydrogen) atoms. The number of carbonyl (C=O) groups is 1.